The highest BCUT2D eigenvalue weighted by Crippen LogP contribution is 2.03. The number of likely N-dealkylation sites (N-methyl/N-ethyl adjacent to an activating group) is 2. The molecule has 0 amide bonds. The molecule has 64 valence electrons. The van der Waals surface area contributed by atoms with Crippen LogP contribution in [0, 0.1) is 0 Å². The van der Waals surface area contributed by atoms with E-state index in [0.717, 1.165) is 32.0 Å². The maximum Gasteiger partial charge on any atom is 0.0960 e. The first kappa shape index (κ1) is 8.40. The summed E-state index contributed by atoms with van der Waals surface area (Å²) in [5, 5.41) is 3.34. The molecule has 3 heteroatoms. The zero-order valence-electron chi connectivity index (χ0n) is 7.43. The molecule has 0 radical (unpaired) electrons. The Morgan fingerprint density at radius 1 is 1.18 bits per heavy atom. The van der Waals surface area contributed by atoms with Crippen molar-refractivity contribution in [2.75, 3.05) is 40.3 Å². The lowest BCUT2D eigenvalue weighted by Gasteiger charge is -2.32. The number of rotatable bonds is 0. The molecule has 1 rings (SSSR count). The number of nitrogens with one attached hydrogen (secondary N) is 1. The zero-order valence-corrected chi connectivity index (χ0v) is 7.43. The fourth-order valence-corrected chi connectivity index (χ4v) is 1.17. The largest absolute Gasteiger partial charge is 0.361 e. The van der Waals surface area contributed by atoms with Gasteiger partial charge in [-0.15, -0.1) is 0 Å². The fourth-order valence-electron chi connectivity index (χ4n) is 1.17. The van der Waals surface area contributed by atoms with E-state index in [1.54, 1.807) is 0 Å². The summed E-state index contributed by atoms with van der Waals surface area (Å²) in [6.45, 7) is 8.21. The lowest BCUT2D eigenvalue weighted by atomic mass is 10.4. The van der Waals surface area contributed by atoms with Gasteiger partial charge in [0.1, 0.15) is 0 Å². The van der Waals surface area contributed by atoms with Gasteiger partial charge in [0.25, 0.3) is 0 Å². The molecule has 1 N–H and O–H groups in total. The topological polar surface area (TPSA) is 18.5 Å². The third kappa shape index (κ3) is 2.12. The lowest BCUT2D eigenvalue weighted by molar-refractivity contribution is 0.249. The van der Waals surface area contributed by atoms with Gasteiger partial charge in [-0.1, -0.05) is 6.58 Å². The van der Waals surface area contributed by atoms with Gasteiger partial charge in [-0.3, -0.25) is 0 Å². The molecule has 11 heavy (non-hydrogen) atoms. The standard InChI is InChI=1S/C8H17N3/c1-8-10(2)6-4-9-5-7-11(8)3/h9H,1,4-7H2,2-3H3. The van der Waals surface area contributed by atoms with Gasteiger partial charge in [0.15, 0.2) is 0 Å². The predicted octanol–water partition coefficient (Wildman–Crippen LogP) is -0.0756. The Bertz CT molecular complexity index is 130. The molecule has 0 spiro atoms. The first-order valence-corrected chi connectivity index (χ1v) is 4.03. The Labute approximate surface area is 68.7 Å². The Morgan fingerprint density at radius 3 is 2.09 bits per heavy atom. The third-order valence-corrected chi connectivity index (χ3v) is 2.13. The van der Waals surface area contributed by atoms with Crippen molar-refractivity contribution in [2.45, 2.75) is 0 Å². The molecule has 0 aromatic rings. The van der Waals surface area contributed by atoms with E-state index in [-0.39, 0.29) is 0 Å². The average Bonchev–Trinajstić information content (AvgIpc) is 2.00. The smallest absolute Gasteiger partial charge is 0.0960 e. The predicted molar refractivity (Wildman–Crippen MR) is 47.3 cm³/mol. The van der Waals surface area contributed by atoms with Crippen molar-refractivity contribution in [1.29, 1.82) is 0 Å². The molecule has 0 saturated carbocycles. The van der Waals surface area contributed by atoms with Crippen molar-refractivity contribution in [3.8, 4) is 0 Å². The summed E-state index contributed by atoms with van der Waals surface area (Å²) in [7, 11) is 4.15. The minimum absolute atomic E-state index is 1.04. The highest BCUT2D eigenvalue weighted by atomic mass is 15.3. The van der Waals surface area contributed by atoms with Crippen molar-refractivity contribution in [3.05, 3.63) is 12.4 Å². The van der Waals surface area contributed by atoms with Gasteiger partial charge >= 0.3 is 0 Å². The van der Waals surface area contributed by atoms with Crippen molar-refractivity contribution in [1.82, 2.24) is 15.1 Å². The van der Waals surface area contributed by atoms with Gasteiger partial charge in [0.05, 0.1) is 5.82 Å². The Balaban J connectivity index is 2.49. The second-order valence-corrected chi connectivity index (χ2v) is 3.01. The van der Waals surface area contributed by atoms with Gasteiger partial charge in [-0.2, -0.15) is 0 Å². The summed E-state index contributed by atoms with van der Waals surface area (Å²) in [6.07, 6.45) is 0. The minimum atomic E-state index is 1.04. The molecule has 0 aromatic carbocycles. The Hall–Kier alpha value is -0.700. The van der Waals surface area contributed by atoms with E-state index in [0.29, 0.717) is 0 Å². The third-order valence-electron chi connectivity index (χ3n) is 2.13. The second kappa shape index (κ2) is 3.62. The summed E-state index contributed by atoms with van der Waals surface area (Å²) < 4.78 is 0. The van der Waals surface area contributed by atoms with Crippen LogP contribution in [-0.4, -0.2) is 50.1 Å². The van der Waals surface area contributed by atoms with Gasteiger partial charge in [0.2, 0.25) is 0 Å². The van der Waals surface area contributed by atoms with E-state index in [1.165, 1.54) is 0 Å². The summed E-state index contributed by atoms with van der Waals surface area (Å²) in [6, 6.07) is 0. The van der Waals surface area contributed by atoms with E-state index in [1.807, 2.05) is 0 Å². The fraction of sp³-hybridized carbons (Fsp3) is 0.750. The molecule has 1 saturated heterocycles. The van der Waals surface area contributed by atoms with Crippen molar-refractivity contribution >= 4 is 0 Å². The van der Waals surface area contributed by atoms with Crippen LogP contribution >= 0.6 is 0 Å². The van der Waals surface area contributed by atoms with Crippen LogP contribution in [-0.2, 0) is 0 Å². The van der Waals surface area contributed by atoms with Gasteiger partial charge in [0, 0.05) is 40.3 Å². The van der Waals surface area contributed by atoms with E-state index in [2.05, 4.69) is 35.8 Å². The van der Waals surface area contributed by atoms with E-state index < -0.39 is 0 Å². The van der Waals surface area contributed by atoms with Crippen molar-refractivity contribution < 1.29 is 0 Å². The van der Waals surface area contributed by atoms with Crippen LogP contribution in [0.15, 0.2) is 12.4 Å². The molecule has 1 heterocycles. The average molecular weight is 155 g/mol. The molecule has 1 aliphatic rings. The first-order chi connectivity index (χ1) is 5.22. The molecule has 0 aromatic heterocycles. The molecule has 0 aliphatic carbocycles. The van der Waals surface area contributed by atoms with Crippen LogP contribution in [0.3, 0.4) is 0 Å². The van der Waals surface area contributed by atoms with E-state index in [9.17, 15) is 0 Å². The maximum absolute atomic E-state index is 4.00. The van der Waals surface area contributed by atoms with Gasteiger partial charge in [-0.05, 0) is 0 Å². The molecular formula is C8H17N3. The molecule has 0 atom stereocenters. The van der Waals surface area contributed by atoms with Gasteiger partial charge in [-0.25, -0.2) is 0 Å². The monoisotopic (exact) mass is 155 g/mol. The zero-order chi connectivity index (χ0) is 8.27. The lowest BCUT2D eigenvalue weighted by Crippen LogP contribution is -2.41. The number of nitrogens with zero attached hydrogens (tertiary/aromatic N) is 2. The number of hydrogen-bond acceptors (Lipinski definition) is 3. The van der Waals surface area contributed by atoms with Crippen LogP contribution in [0.4, 0.5) is 0 Å². The van der Waals surface area contributed by atoms with Crippen molar-refractivity contribution in [2.24, 2.45) is 0 Å². The molecule has 0 unspecified atom stereocenters. The summed E-state index contributed by atoms with van der Waals surface area (Å²) in [5.74, 6) is 1.12. The van der Waals surface area contributed by atoms with Crippen LogP contribution in [0.1, 0.15) is 0 Å². The highest BCUT2D eigenvalue weighted by Gasteiger charge is 2.08. The molecular weight excluding hydrogens is 138 g/mol. The second-order valence-electron chi connectivity index (χ2n) is 3.01. The summed E-state index contributed by atoms with van der Waals surface area (Å²) in [5.41, 5.74) is 0. The van der Waals surface area contributed by atoms with Gasteiger partial charge < -0.3 is 15.1 Å². The Morgan fingerprint density at radius 2 is 1.64 bits per heavy atom. The normalized spacial score (nSPS) is 21.5. The van der Waals surface area contributed by atoms with E-state index in [4.69, 9.17) is 0 Å². The van der Waals surface area contributed by atoms with Crippen LogP contribution in [0.25, 0.3) is 0 Å². The van der Waals surface area contributed by atoms with Crippen LogP contribution in [0.2, 0.25) is 0 Å². The van der Waals surface area contributed by atoms with Crippen LogP contribution in [0.5, 0.6) is 0 Å². The van der Waals surface area contributed by atoms with E-state index >= 15 is 0 Å². The SMILES string of the molecule is C=C1N(C)CCNCCN1C. The quantitative estimate of drug-likeness (QED) is 0.528. The number of hydrogen-bond donors (Lipinski definition) is 1. The summed E-state index contributed by atoms with van der Waals surface area (Å²) >= 11 is 0. The first-order valence-electron chi connectivity index (χ1n) is 4.03. The highest BCUT2D eigenvalue weighted by molar-refractivity contribution is 4.92. The molecule has 0 bridgehead atoms. The minimum Gasteiger partial charge on any atom is -0.361 e. The molecule has 3 nitrogen and oxygen atoms in total. The van der Waals surface area contributed by atoms with Crippen LogP contribution < -0.4 is 5.32 Å². The Kier molecular flexibility index (Phi) is 2.76. The molecule has 1 aliphatic heterocycles. The molecule has 1 fully saturated rings. The van der Waals surface area contributed by atoms with Crippen molar-refractivity contribution in [3.63, 3.8) is 0 Å². The maximum atomic E-state index is 4.00. The summed E-state index contributed by atoms with van der Waals surface area (Å²) in [4.78, 5) is 4.35.